The van der Waals surface area contributed by atoms with Gasteiger partial charge in [0.2, 0.25) is 0 Å². The maximum Gasteiger partial charge on any atom is 1.00 e. The zero-order valence-electron chi connectivity index (χ0n) is 3.97. The van der Waals surface area contributed by atoms with Crippen molar-refractivity contribution in [2.24, 2.45) is 5.73 Å². The average Bonchev–Trinajstić information content (AvgIpc) is 1.65. The summed E-state index contributed by atoms with van der Waals surface area (Å²) in [5.41, 5.74) is 4.94. The Hall–Kier alpha value is 0.520. The van der Waals surface area contributed by atoms with Crippen LogP contribution in [0.25, 0.3) is 0 Å². The van der Waals surface area contributed by atoms with Gasteiger partial charge in [0.1, 0.15) is 6.04 Å². The summed E-state index contributed by atoms with van der Waals surface area (Å²) in [5.74, 6) is -0.815. The molecule has 52 valence electrons. The molecular formula is C3H7AgNO2S+. The van der Waals surface area contributed by atoms with Crippen LogP contribution in [0.2, 0.25) is 0 Å². The van der Waals surface area contributed by atoms with Crippen molar-refractivity contribution >= 4 is 18.6 Å². The molecule has 3 nitrogen and oxygen atoms in total. The van der Waals surface area contributed by atoms with Gasteiger partial charge in [-0.15, -0.1) is 0 Å². The standard InChI is InChI=1S/C3H7NO2S.Ag/c4-2(1-7)3(5)6;/h2,7H,1,4H2,(H,5,6);/q;+1. The monoisotopic (exact) mass is 228 g/mol. The van der Waals surface area contributed by atoms with Crippen LogP contribution in [-0.2, 0) is 27.2 Å². The molecule has 0 radical (unpaired) electrons. The minimum atomic E-state index is -1.00. The molecule has 0 aromatic carbocycles. The van der Waals surface area contributed by atoms with Gasteiger partial charge >= 0.3 is 28.3 Å². The Morgan fingerprint density at radius 1 is 1.88 bits per heavy atom. The average molecular weight is 229 g/mol. The first kappa shape index (κ1) is 11.3. The van der Waals surface area contributed by atoms with E-state index in [2.05, 4.69) is 12.6 Å². The zero-order chi connectivity index (χ0) is 5.86. The molecule has 0 saturated heterocycles. The topological polar surface area (TPSA) is 63.3 Å². The third-order valence-corrected chi connectivity index (χ3v) is 0.907. The fraction of sp³-hybridized carbons (Fsp3) is 0.667. The van der Waals surface area contributed by atoms with Gasteiger partial charge in [-0.2, -0.15) is 12.6 Å². The van der Waals surface area contributed by atoms with Crippen LogP contribution in [0, 0.1) is 0 Å². The number of hydrogen-bond acceptors (Lipinski definition) is 3. The molecule has 0 aliphatic rings. The van der Waals surface area contributed by atoms with Crippen LogP contribution in [0.3, 0.4) is 0 Å². The van der Waals surface area contributed by atoms with Crippen LogP contribution < -0.4 is 5.73 Å². The molecule has 0 aromatic heterocycles. The molecule has 0 amide bonds. The number of carboxylic acids is 1. The summed E-state index contributed by atoms with van der Waals surface area (Å²) in [6.45, 7) is 0. The van der Waals surface area contributed by atoms with Gasteiger partial charge in [-0.3, -0.25) is 4.79 Å². The third-order valence-electron chi connectivity index (χ3n) is 0.514. The molecule has 1 unspecified atom stereocenters. The van der Waals surface area contributed by atoms with E-state index in [9.17, 15) is 4.79 Å². The SMILES string of the molecule is NC(CS)C(=O)O.[Ag+]. The van der Waals surface area contributed by atoms with E-state index in [1.807, 2.05) is 0 Å². The van der Waals surface area contributed by atoms with Crippen molar-refractivity contribution < 1.29 is 32.3 Å². The summed E-state index contributed by atoms with van der Waals surface area (Å²) in [6, 6.07) is -0.816. The molecule has 3 N–H and O–H groups in total. The molecule has 0 heterocycles. The molecule has 0 bridgehead atoms. The first-order valence-electron chi connectivity index (χ1n) is 1.77. The van der Waals surface area contributed by atoms with E-state index >= 15 is 0 Å². The Kier molecular flexibility index (Phi) is 8.01. The number of rotatable bonds is 2. The molecule has 5 heteroatoms. The van der Waals surface area contributed by atoms with E-state index in [4.69, 9.17) is 10.8 Å². The summed E-state index contributed by atoms with van der Waals surface area (Å²) in [7, 11) is 0. The van der Waals surface area contributed by atoms with E-state index in [0.29, 0.717) is 0 Å². The number of thiol groups is 1. The van der Waals surface area contributed by atoms with Crippen molar-refractivity contribution in [2.45, 2.75) is 6.04 Å². The van der Waals surface area contributed by atoms with Crippen molar-refractivity contribution in [3.63, 3.8) is 0 Å². The largest absolute Gasteiger partial charge is 1.00 e. The number of aliphatic carboxylic acids is 1. The summed E-state index contributed by atoms with van der Waals surface area (Å²) < 4.78 is 0. The third kappa shape index (κ3) is 4.67. The van der Waals surface area contributed by atoms with Gasteiger partial charge < -0.3 is 10.8 Å². The van der Waals surface area contributed by atoms with Crippen molar-refractivity contribution in [1.82, 2.24) is 0 Å². The molecule has 0 aliphatic carbocycles. The quantitative estimate of drug-likeness (QED) is 0.434. The van der Waals surface area contributed by atoms with E-state index in [1.165, 1.54) is 0 Å². The van der Waals surface area contributed by atoms with Crippen molar-refractivity contribution in [1.29, 1.82) is 0 Å². The number of hydrogen-bond donors (Lipinski definition) is 3. The molecule has 0 rings (SSSR count). The maximum absolute atomic E-state index is 9.76. The summed E-state index contributed by atoms with van der Waals surface area (Å²) >= 11 is 3.65. The number of carboxylic acid groups (broad SMARTS) is 1. The van der Waals surface area contributed by atoms with Crippen molar-refractivity contribution in [3.8, 4) is 0 Å². The van der Waals surface area contributed by atoms with Gasteiger partial charge in [0.25, 0.3) is 0 Å². The van der Waals surface area contributed by atoms with E-state index in [-0.39, 0.29) is 28.1 Å². The first-order chi connectivity index (χ1) is 3.18. The molecular weight excluding hydrogens is 222 g/mol. The van der Waals surface area contributed by atoms with E-state index in [1.54, 1.807) is 0 Å². The van der Waals surface area contributed by atoms with Crippen LogP contribution in [0.4, 0.5) is 0 Å². The fourth-order valence-electron chi connectivity index (χ4n) is 0.0781. The minimum Gasteiger partial charge on any atom is -0.480 e. The molecule has 8 heavy (non-hydrogen) atoms. The normalized spacial score (nSPS) is 11.8. The molecule has 0 spiro atoms. The van der Waals surface area contributed by atoms with Crippen LogP contribution in [0.5, 0.6) is 0 Å². The van der Waals surface area contributed by atoms with Crippen LogP contribution >= 0.6 is 12.6 Å². The number of nitrogens with two attached hydrogens (primary N) is 1. The molecule has 0 aromatic rings. The Labute approximate surface area is 68.6 Å². The number of carbonyl (C=O) groups is 1. The van der Waals surface area contributed by atoms with Gasteiger partial charge in [0, 0.05) is 5.75 Å². The van der Waals surface area contributed by atoms with E-state index < -0.39 is 12.0 Å². The Morgan fingerprint density at radius 2 is 2.25 bits per heavy atom. The molecule has 1 atom stereocenters. The summed E-state index contributed by atoms with van der Waals surface area (Å²) in [5, 5.41) is 8.01. The van der Waals surface area contributed by atoms with Gasteiger partial charge in [0.15, 0.2) is 0 Å². The van der Waals surface area contributed by atoms with Crippen LogP contribution in [0.15, 0.2) is 0 Å². The van der Waals surface area contributed by atoms with Gasteiger partial charge in [0.05, 0.1) is 0 Å². The Morgan fingerprint density at radius 3 is 2.25 bits per heavy atom. The Balaban J connectivity index is 0. The fourth-order valence-corrected chi connectivity index (χ4v) is 0.234. The second-order valence-corrected chi connectivity index (χ2v) is 1.49. The van der Waals surface area contributed by atoms with Gasteiger partial charge in [-0.25, -0.2) is 0 Å². The first-order valence-corrected chi connectivity index (χ1v) is 2.41. The maximum atomic E-state index is 9.76. The smallest absolute Gasteiger partial charge is 0.480 e. The molecule has 0 saturated carbocycles. The zero-order valence-corrected chi connectivity index (χ0v) is 6.34. The van der Waals surface area contributed by atoms with Crippen LogP contribution in [0.1, 0.15) is 0 Å². The van der Waals surface area contributed by atoms with E-state index in [0.717, 1.165) is 0 Å². The van der Waals surface area contributed by atoms with Crippen molar-refractivity contribution in [2.75, 3.05) is 5.75 Å². The minimum absolute atomic E-state index is 0. The van der Waals surface area contributed by atoms with Crippen LogP contribution in [-0.4, -0.2) is 22.9 Å². The Bertz CT molecular complexity index is 79.7. The summed E-state index contributed by atoms with van der Waals surface area (Å²) in [6.07, 6.45) is 0. The summed E-state index contributed by atoms with van der Waals surface area (Å²) in [4.78, 5) is 9.76. The van der Waals surface area contributed by atoms with Gasteiger partial charge in [-0.1, -0.05) is 0 Å². The predicted molar refractivity (Wildman–Crippen MR) is 29.5 cm³/mol. The second kappa shape index (κ2) is 5.65. The molecule has 0 fully saturated rings. The van der Waals surface area contributed by atoms with Gasteiger partial charge in [-0.05, 0) is 0 Å². The second-order valence-electron chi connectivity index (χ2n) is 1.13. The molecule has 0 aliphatic heterocycles. The van der Waals surface area contributed by atoms with Crippen molar-refractivity contribution in [3.05, 3.63) is 0 Å². The predicted octanol–water partition coefficient (Wildman–Crippen LogP) is -0.674.